The largest absolute Gasteiger partial charge is 0.353 e. The highest BCUT2D eigenvalue weighted by Crippen LogP contribution is 2.32. The van der Waals surface area contributed by atoms with Gasteiger partial charge >= 0.3 is 6.03 Å². The molecule has 1 aromatic carbocycles. The van der Waals surface area contributed by atoms with Gasteiger partial charge in [-0.2, -0.15) is 0 Å². The van der Waals surface area contributed by atoms with Crippen LogP contribution in [0.15, 0.2) is 24.3 Å². The lowest BCUT2D eigenvalue weighted by Gasteiger charge is -2.32. The average molecular weight is 329 g/mol. The van der Waals surface area contributed by atoms with Crippen molar-refractivity contribution in [3.8, 4) is 0 Å². The van der Waals surface area contributed by atoms with Crippen molar-refractivity contribution < 1.29 is 9.59 Å². The number of amides is 3. The van der Waals surface area contributed by atoms with E-state index in [1.807, 2.05) is 31.2 Å². The molecule has 1 atom stereocenters. The molecule has 1 saturated carbocycles. The molecule has 2 N–H and O–H groups in total. The first kappa shape index (κ1) is 16.8. The summed E-state index contributed by atoms with van der Waals surface area (Å²) in [6.45, 7) is 5.36. The van der Waals surface area contributed by atoms with Gasteiger partial charge < -0.3 is 15.5 Å². The van der Waals surface area contributed by atoms with Crippen molar-refractivity contribution in [3.63, 3.8) is 0 Å². The van der Waals surface area contributed by atoms with Crippen molar-refractivity contribution in [1.29, 1.82) is 0 Å². The molecule has 2 aliphatic rings. The number of carbonyl (C=O) groups is 2. The van der Waals surface area contributed by atoms with Gasteiger partial charge in [0.15, 0.2) is 0 Å². The summed E-state index contributed by atoms with van der Waals surface area (Å²) >= 11 is 0. The lowest BCUT2D eigenvalue weighted by Crippen LogP contribution is -2.46. The van der Waals surface area contributed by atoms with Crippen molar-refractivity contribution in [1.82, 2.24) is 10.2 Å². The van der Waals surface area contributed by atoms with E-state index in [0.717, 1.165) is 24.1 Å². The van der Waals surface area contributed by atoms with Gasteiger partial charge in [0.2, 0.25) is 5.91 Å². The van der Waals surface area contributed by atoms with E-state index < -0.39 is 0 Å². The molecule has 130 valence electrons. The van der Waals surface area contributed by atoms with Crippen LogP contribution >= 0.6 is 0 Å². The van der Waals surface area contributed by atoms with Gasteiger partial charge in [-0.15, -0.1) is 0 Å². The Labute approximate surface area is 143 Å². The molecule has 1 aliphatic carbocycles. The third kappa shape index (κ3) is 4.28. The Hall–Kier alpha value is -2.04. The number of nitrogens with one attached hydrogen (secondary N) is 2. The van der Waals surface area contributed by atoms with Gasteiger partial charge in [-0.1, -0.05) is 12.1 Å². The Bertz CT molecular complexity index is 604. The molecule has 1 saturated heterocycles. The fraction of sp³-hybridized carbons (Fsp3) is 0.579. The second-order valence-corrected chi connectivity index (χ2v) is 7.20. The quantitative estimate of drug-likeness (QED) is 0.891. The maximum Gasteiger partial charge on any atom is 0.321 e. The number of nitrogens with zero attached hydrogens (tertiary/aromatic N) is 1. The summed E-state index contributed by atoms with van der Waals surface area (Å²) in [4.78, 5) is 26.5. The van der Waals surface area contributed by atoms with Crippen LogP contribution in [-0.4, -0.2) is 36.0 Å². The van der Waals surface area contributed by atoms with E-state index in [-0.39, 0.29) is 17.9 Å². The zero-order valence-corrected chi connectivity index (χ0v) is 14.5. The Morgan fingerprint density at radius 3 is 2.50 bits per heavy atom. The molecule has 1 aliphatic heterocycles. The van der Waals surface area contributed by atoms with Gasteiger partial charge in [-0.3, -0.25) is 4.79 Å². The van der Waals surface area contributed by atoms with Gasteiger partial charge in [0, 0.05) is 30.7 Å². The summed E-state index contributed by atoms with van der Waals surface area (Å²) in [5, 5.41) is 6.08. The molecule has 3 rings (SSSR count). The van der Waals surface area contributed by atoms with Gasteiger partial charge in [0.05, 0.1) is 0 Å². The van der Waals surface area contributed by atoms with Crippen molar-refractivity contribution in [2.75, 3.05) is 18.4 Å². The maximum atomic E-state index is 12.3. The minimum Gasteiger partial charge on any atom is -0.353 e. The van der Waals surface area contributed by atoms with E-state index in [1.165, 1.54) is 12.8 Å². The Morgan fingerprint density at radius 1 is 1.17 bits per heavy atom. The number of piperidine rings is 1. The monoisotopic (exact) mass is 329 g/mol. The molecule has 0 bridgehead atoms. The zero-order valence-electron chi connectivity index (χ0n) is 14.5. The average Bonchev–Trinajstić information content (AvgIpc) is 3.40. The number of anilines is 1. The van der Waals surface area contributed by atoms with Crippen molar-refractivity contribution in [2.45, 2.75) is 45.6 Å². The second-order valence-electron chi connectivity index (χ2n) is 7.20. The highest BCUT2D eigenvalue weighted by molar-refractivity contribution is 5.89. The van der Waals surface area contributed by atoms with Crippen molar-refractivity contribution in [3.05, 3.63) is 29.8 Å². The molecule has 3 amide bonds. The first-order valence-electron chi connectivity index (χ1n) is 8.96. The Kier molecular flexibility index (Phi) is 5.07. The molecular formula is C19H27N3O2. The molecule has 1 aromatic rings. The highest BCUT2D eigenvalue weighted by atomic mass is 16.2. The molecule has 0 radical (unpaired) electrons. The highest BCUT2D eigenvalue weighted by Gasteiger charge is 2.32. The van der Waals surface area contributed by atoms with Crippen LogP contribution in [0.25, 0.3) is 0 Å². The molecule has 24 heavy (non-hydrogen) atoms. The summed E-state index contributed by atoms with van der Waals surface area (Å²) < 4.78 is 0. The minimum atomic E-state index is -0.0780. The third-order valence-corrected chi connectivity index (χ3v) is 5.12. The molecule has 1 heterocycles. The second kappa shape index (κ2) is 7.24. The fourth-order valence-corrected chi connectivity index (χ4v) is 3.33. The lowest BCUT2D eigenvalue weighted by atomic mass is 9.95. The van der Waals surface area contributed by atoms with E-state index in [0.29, 0.717) is 25.0 Å². The summed E-state index contributed by atoms with van der Waals surface area (Å²) in [7, 11) is 0. The third-order valence-electron chi connectivity index (χ3n) is 5.12. The summed E-state index contributed by atoms with van der Waals surface area (Å²) in [5.41, 5.74) is 1.94. The number of rotatable bonds is 4. The molecule has 5 heteroatoms. The normalized spacial score (nSPS) is 19.7. The van der Waals surface area contributed by atoms with E-state index in [4.69, 9.17) is 0 Å². The number of likely N-dealkylation sites (tertiary alicyclic amines) is 1. The van der Waals surface area contributed by atoms with E-state index >= 15 is 0 Å². The number of hydrogen-bond donors (Lipinski definition) is 2. The zero-order chi connectivity index (χ0) is 17.1. The molecule has 2 fully saturated rings. The van der Waals surface area contributed by atoms with Crippen LogP contribution in [0, 0.1) is 18.8 Å². The van der Waals surface area contributed by atoms with Crippen LogP contribution in [0.1, 0.15) is 38.2 Å². The van der Waals surface area contributed by atoms with Crippen LogP contribution in [0.5, 0.6) is 0 Å². The number of hydrogen-bond acceptors (Lipinski definition) is 2. The van der Waals surface area contributed by atoms with E-state index in [1.54, 1.807) is 4.90 Å². The smallest absolute Gasteiger partial charge is 0.321 e. The van der Waals surface area contributed by atoms with Gasteiger partial charge in [-0.25, -0.2) is 4.79 Å². The molecule has 5 nitrogen and oxygen atoms in total. The predicted octanol–water partition coefficient (Wildman–Crippen LogP) is 3.15. The van der Waals surface area contributed by atoms with Crippen LogP contribution < -0.4 is 10.6 Å². The summed E-state index contributed by atoms with van der Waals surface area (Å²) in [6, 6.07) is 8.00. The first-order chi connectivity index (χ1) is 11.5. The van der Waals surface area contributed by atoms with Crippen LogP contribution in [0.2, 0.25) is 0 Å². The fourth-order valence-electron chi connectivity index (χ4n) is 3.33. The minimum absolute atomic E-state index is 0.0363. The van der Waals surface area contributed by atoms with Crippen molar-refractivity contribution >= 4 is 17.6 Å². The first-order valence-corrected chi connectivity index (χ1v) is 8.96. The van der Waals surface area contributed by atoms with Gasteiger partial charge in [0.25, 0.3) is 0 Å². The molecular weight excluding hydrogens is 302 g/mol. The Balaban J connectivity index is 1.45. The molecule has 0 unspecified atom stereocenters. The molecule has 0 spiro atoms. The number of benzene rings is 1. The van der Waals surface area contributed by atoms with Crippen LogP contribution in [0.4, 0.5) is 10.5 Å². The topological polar surface area (TPSA) is 61.4 Å². The SMILES string of the molecule is Cc1cccc(NC(=O)N2CCC(C(=O)N[C@@H](C)C3CC3)CC2)c1. The van der Waals surface area contributed by atoms with E-state index in [9.17, 15) is 9.59 Å². The maximum absolute atomic E-state index is 12.3. The summed E-state index contributed by atoms with van der Waals surface area (Å²) in [5.74, 6) is 0.872. The number of carbonyl (C=O) groups excluding carboxylic acids is 2. The lowest BCUT2D eigenvalue weighted by molar-refractivity contribution is -0.127. The number of urea groups is 1. The summed E-state index contributed by atoms with van der Waals surface area (Å²) in [6.07, 6.45) is 3.95. The van der Waals surface area contributed by atoms with Crippen molar-refractivity contribution in [2.24, 2.45) is 11.8 Å². The van der Waals surface area contributed by atoms with E-state index in [2.05, 4.69) is 17.6 Å². The standard InChI is InChI=1S/C19H27N3O2/c1-13-4-3-5-17(12-13)21-19(24)22-10-8-16(9-11-22)18(23)20-14(2)15-6-7-15/h3-5,12,14-16H,6-11H2,1-2H3,(H,20,23)(H,21,24)/t14-/m0/s1. The molecule has 0 aromatic heterocycles. The number of aryl methyl sites for hydroxylation is 1. The van der Waals surface area contributed by atoms with Crippen LogP contribution in [-0.2, 0) is 4.79 Å². The van der Waals surface area contributed by atoms with Gasteiger partial charge in [-0.05, 0) is 63.1 Å². The Morgan fingerprint density at radius 2 is 1.88 bits per heavy atom. The predicted molar refractivity (Wildman–Crippen MR) is 94.8 cm³/mol. The van der Waals surface area contributed by atoms with Gasteiger partial charge in [0.1, 0.15) is 0 Å². The van der Waals surface area contributed by atoms with Crippen LogP contribution in [0.3, 0.4) is 0 Å².